The first kappa shape index (κ1) is 20.0. The van der Waals surface area contributed by atoms with Crippen molar-refractivity contribution in [2.24, 2.45) is 0 Å². The van der Waals surface area contributed by atoms with Crippen LogP contribution in [0.5, 0.6) is 0 Å². The third-order valence-electron chi connectivity index (χ3n) is 4.91. The highest BCUT2D eigenvalue weighted by molar-refractivity contribution is 5.85. The molecule has 1 N–H and O–H groups in total. The van der Waals surface area contributed by atoms with Crippen LogP contribution >= 0.6 is 24.8 Å². The van der Waals surface area contributed by atoms with Gasteiger partial charge in [0.25, 0.3) is 0 Å². The SMILES string of the molecule is Cl.Cl.O=C(CC1CNCCO1)N1CCN(C2CCCC2)CC1. The topological polar surface area (TPSA) is 44.8 Å². The van der Waals surface area contributed by atoms with Crippen molar-refractivity contribution >= 4 is 30.7 Å². The minimum atomic E-state index is 0. The van der Waals surface area contributed by atoms with Crippen molar-refractivity contribution in [3.8, 4) is 0 Å². The maximum absolute atomic E-state index is 12.3. The van der Waals surface area contributed by atoms with Gasteiger partial charge in [-0.15, -0.1) is 24.8 Å². The lowest BCUT2D eigenvalue weighted by molar-refractivity contribution is -0.136. The summed E-state index contributed by atoms with van der Waals surface area (Å²) in [6.07, 6.45) is 6.09. The lowest BCUT2D eigenvalue weighted by Gasteiger charge is -2.38. The molecule has 0 spiro atoms. The summed E-state index contributed by atoms with van der Waals surface area (Å²) in [4.78, 5) is 16.9. The first-order valence-corrected chi connectivity index (χ1v) is 8.17. The molecule has 2 aliphatic heterocycles. The molecule has 2 saturated heterocycles. The van der Waals surface area contributed by atoms with Crippen LogP contribution in [-0.2, 0) is 9.53 Å². The quantitative estimate of drug-likeness (QED) is 0.830. The van der Waals surface area contributed by atoms with Crippen molar-refractivity contribution in [1.29, 1.82) is 0 Å². The molecule has 0 aromatic heterocycles. The molecule has 7 heteroatoms. The molecule has 1 atom stereocenters. The largest absolute Gasteiger partial charge is 0.375 e. The van der Waals surface area contributed by atoms with Crippen LogP contribution in [0.1, 0.15) is 32.1 Å². The van der Waals surface area contributed by atoms with Crippen molar-refractivity contribution < 1.29 is 9.53 Å². The van der Waals surface area contributed by atoms with Crippen LogP contribution in [0.15, 0.2) is 0 Å². The first-order chi connectivity index (χ1) is 9.83. The average Bonchev–Trinajstić information content (AvgIpc) is 3.03. The van der Waals surface area contributed by atoms with E-state index in [-0.39, 0.29) is 36.8 Å². The maximum Gasteiger partial charge on any atom is 0.225 e. The monoisotopic (exact) mass is 353 g/mol. The smallest absolute Gasteiger partial charge is 0.225 e. The highest BCUT2D eigenvalue weighted by atomic mass is 35.5. The van der Waals surface area contributed by atoms with E-state index in [2.05, 4.69) is 10.2 Å². The number of carbonyl (C=O) groups is 1. The molecule has 3 rings (SSSR count). The second-order valence-electron chi connectivity index (χ2n) is 6.26. The molecule has 22 heavy (non-hydrogen) atoms. The molecule has 0 radical (unpaired) electrons. The predicted octanol–water partition coefficient (Wildman–Crippen LogP) is 1.30. The van der Waals surface area contributed by atoms with E-state index in [4.69, 9.17) is 4.74 Å². The zero-order valence-corrected chi connectivity index (χ0v) is 14.8. The van der Waals surface area contributed by atoms with Crippen molar-refractivity contribution in [3.05, 3.63) is 0 Å². The number of halogens is 2. The number of hydrogen-bond acceptors (Lipinski definition) is 4. The number of amides is 1. The Balaban J connectivity index is 0.00000121. The zero-order valence-electron chi connectivity index (χ0n) is 13.2. The van der Waals surface area contributed by atoms with Gasteiger partial charge in [-0.1, -0.05) is 12.8 Å². The van der Waals surface area contributed by atoms with E-state index >= 15 is 0 Å². The Hall–Kier alpha value is -0.0700. The Bertz CT molecular complexity index is 327. The molecule has 3 fully saturated rings. The summed E-state index contributed by atoms with van der Waals surface area (Å²) in [6.45, 7) is 6.36. The van der Waals surface area contributed by atoms with E-state index in [1.807, 2.05) is 4.90 Å². The van der Waals surface area contributed by atoms with E-state index in [9.17, 15) is 4.79 Å². The minimum Gasteiger partial charge on any atom is -0.375 e. The molecule has 0 aromatic carbocycles. The summed E-state index contributed by atoms with van der Waals surface area (Å²) in [7, 11) is 0. The van der Waals surface area contributed by atoms with Crippen LogP contribution in [0.3, 0.4) is 0 Å². The maximum atomic E-state index is 12.3. The number of nitrogens with zero attached hydrogens (tertiary/aromatic N) is 2. The molecule has 3 aliphatic rings. The summed E-state index contributed by atoms with van der Waals surface area (Å²) in [5, 5.41) is 3.28. The number of morpholine rings is 1. The standard InChI is InChI=1S/C15H27N3O2.2ClH/c19-15(11-14-12-16-5-10-20-14)18-8-6-17(7-9-18)13-3-1-2-4-13;;/h13-14,16H,1-12H2;2*1H. The molecule has 5 nitrogen and oxygen atoms in total. The number of hydrogen-bond donors (Lipinski definition) is 1. The molecular weight excluding hydrogens is 325 g/mol. The van der Waals surface area contributed by atoms with Crippen molar-refractivity contribution in [1.82, 2.24) is 15.1 Å². The van der Waals surface area contributed by atoms with Gasteiger partial charge < -0.3 is 15.0 Å². The van der Waals surface area contributed by atoms with Gasteiger partial charge in [0.2, 0.25) is 5.91 Å². The fourth-order valence-electron chi connectivity index (χ4n) is 3.68. The van der Waals surface area contributed by atoms with Gasteiger partial charge in [-0.25, -0.2) is 0 Å². The summed E-state index contributed by atoms with van der Waals surface area (Å²) in [6, 6.07) is 0.790. The van der Waals surface area contributed by atoms with Crippen LogP contribution in [0.4, 0.5) is 0 Å². The summed E-state index contributed by atoms with van der Waals surface area (Å²) in [5.74, 6) is 0.268. The van der Waals surface area contributed by atoms with Crippen LogP contribution < -0.4 is 5.32 Å². The van der Waals surface area contributed by atoms with Gasteiger partial charge in [0, 0.05) is 45.3 Å². The van der Waals surface area contributed by atoms with Gasteiger partial charge in [0.15, 0.2) is 0 Å². The number of rotatable bonds is 3. The summed E-state index contributed by atoms with van der Waals surface area (Å²) in [5.41, 5.74) is 0. The van der Waals surface area contributed by atoms with Crippen molar-refractivity contribution in [2.75, 3.05) is 45.9 Å². The third-order valence-corrected chi connectivity index (χ3v) is 4.91. The third kappa shape index (κ3) is 5.24. The Kier molecular flexibility index (Phi) is 9.02. The van der Waals surface area contributed by atoms with E-state index in [1.165, 1.54) is 25.7 Å². The fourth-order valence-corrected chi connectivity index (χ4v) is 3.68. The number of piperazine rings is 1. The Morgan fingerprint density at radius 1 is 1.09 bits per heavy atom. The van der Waals surface area contributed by atoms with E-state index in [0.29, 0.717) is 6.42 Å². The highest BCUT2D eigenvalue weighted by Crippen LogP contribution is 2.24. The summed E-state index contributed by atoms with van der Waals surface area (Å²) >= 11 is 0. The van der Waals surface area contributed by atoms with E-state index in [0.717, 1.165) is 51.9 Å². The van der Waals surface area contributed by atoms with E-state index < -0.39 is 0 Å². The number of ether oxygens (including phenoxy) is 1. The Labute approximate surface area is 145 Å². The van der Waals surface area contributed by atoms with Gasteiger partial charge in [-0.2, -0.15) is 0 Å². The molecule has 1 saturated carbocycles. The predicted molar refractivity (Wildman–Crippen MR) is 92.1 cm³/mol. The zero-order chi connectivity index (χ0) is 13.8. The van der Waals surface area contributed by atoms with Crippen LogP contribution in [0.2, 0.25) is 0 Å². The fraction of sp³-hybridized carbons (Fsp3) is 0.933. The van der Waals surface area contributed by atoms with Crippen LogP contribution in [0.25, 0.3) is 0 Å². The number of nitrogens with one attached hydrogen (secondary N) is 1. The molecular formula is C15H29Cl2N3O2. The number of carbonyl (C=O) groups excluding carboxylic acids is 1. The Morgan fingerprint density at radius 3 is 2.36 bits per heavy atom. The molecule has 130 valence electrons. The molecule has 1 amide bonds. The molecule has 1 aliphatic carbocycles. The van der Waals surface area contributed by atoms with E-state index in [1.54, 1.807) is 0 Å². The first-order valence-electron chi connectivity index (χ1n) is 8.17. The minimum absolute atomic E-state index is 0. The van der Waals surface area contributed by atoms with Gasteiger partial charge in [-0.3, -0.25) is 9.69 Å². The van der Waals surface area contributed by atoms with Gasteiger partial charge >= 0.3 is 0 Å². The lowest BCUT2D eigenvalue weighted by atomic mass is 10.1. The molecule has 0 aromatic rings. The Morgan fingerprint density at radius 2 is 1.77 bits per heavy atom. The van der Waals surface area contributed by atoms with Crippen LogP contribution in [0, 0.1) is 0 Å². The van der Waals surface area contributed by atoms with Gasteiger partial charge in [0.05, 0.1) is 19.1 Å². The van der Waals surface area contributed by atoms with Gasteiger partial charge in [-0.05, 0) is 12.8 Å². The molecule has 0 bridgehead atoms. The second-order valence-corrected chi connectivity index (χ2v) is 6.26. The van der Waals surface area contributed by atoms with Gasteiger partial charge in [0.1, 0.15) is 0 Å². The van der Waals surface area contributed by atoms with Crippen LogP contribution in [-0.4, -0.2) is 73.7 Å². The second kappa shape index (κ2) is 9.93. The molecule has 1 unspecified atom stereocenters. The summed E-state index contributed by atoms with van der Waals surface area (Å²) < 4.78 is 5.62. The highest BCUT2D eigenvalue weighted by Gasteiger charge is 2.29. The van der Waals surface area contributed by atoms with Crippen molar-refractivity contribution in [3.63, 3.8) is 0 Å². The molecule has 2 heterocycles. The van der Waals surface area contributed by atoms with Crippen molar-refractivity contribution in [2.45, 2.75) is 44.2 Å². The average molecular weight is 354 g/mol. The normalized spacial score (nSPS) is 27.1. The lowest BCUT2D eigenvalue weighted by Crippen LogP contribution is -2.52.